The van der Waals surface area contributed by atoms with E-state index in [2.05, 4.69) is 0 Å². The van der Waals surface area contributed by atoms with Gasteiger partial charge in [-0.3, -0.25) is 0 Å². The first-order chi connectivity index (χ1) is 5.43. The Labute approximate surface area is 108 Å². The van der Waals surface area contributed by atoms with Crippen molar-refractivity contribution in [3.8, 4) is 0 Å². The summed E-state index contributed by atoms with van der Waals surface area (Å²) in [5.41, 5.74) is 0. The molecule has 0 aliphatic carbocycles. The average Bonchev–Trinajstić information content (AvgIpc) is 1.82. The van der Waals surface area contributed by atoms with E-state index in [1.165, 1.54) is 18.2 Å². The van der Waals surface area contributed by atoms with Gasteiger partial charge in [0.2, 0.25) is 0 Å². The van der Waals surface area contributed by atoms with E-state index in [0.29, 0.717) is 0 Å². The molecular weight excluding hydrogens is 246 g/mol. The topological polar surface area (TPSA) is 57.2 Å². The van der Waals surface area contributed by atoms with E-state index < -0.39 is 15.0 Å². The predicted molar refractivity (Wildman–Crippen MR) is 44.4 cm³/mol. The molecule has 1 aromatic rings. The van der Waals surface area contributed by atoms with E-state index in [4.69, 9.17) is 23.2 Å². The van der Waals surface area contributed by atoms with Crippen LogP contribution in [0.2, 0.25) is 10.0 Å². The molecular formula is C6H3Cl2NaO3S. The molecule has 1 aromatic carbocycles. The van der Waals surface area contributed by atoms with Crippen LogP contribution >= 0.6 is 23.2 Å². The standard InChI is InChI=1S/C6H4Cl2O3S.Na/c7-4-2-1-3-5(8)6(4)12(9,10)11;/h1-3H,(H,9,10,11);/q;+1/p-1. The molecule has 0 bridgehead atoms. The van der Waals surface area contributed by atoms with Crippen LogP contribution in [0, 0.1) is 0 Å². The van der Waals surface area contributed by atoms with Crippen LogP contribution in [0.15, 0.2) is 23.1 Å². The van der Waals surface area contributed by atoms with Crippen molar-refractivity contribution >= 4 is 33.3 Å². The molecule has 1 rings (SSSR count). The van der Waals surface area contributed by atoms with Gasteiger partial charge in [-0.25, -0.2) is 8.42 Å². The third-order valence-electron chi connectivity index (χ3n) is 1.17. The van der Waals surface area contributed by atoms with Gasteiger partial charge in [-0.1, -0.05) is 29.3 Å². The fourth-order valence-electron chi connectivity index (χ4n) is 0.721. The van der Waals surface area contributed by atoms with Crippen LogP contribution in [0.3, 0.4) is 0 Å². The zero-order valence-corrected chi connectivity index (χ0v) is 10.9. The van der Waals surface area contributed by atoms with Crippen LogP contribution < -0.4 is 29.6 Å². The second-order valence-corrected chi connectivity index (χ2v) is 4.14. The van der Waals surface area contributed by atoms with Crippen LogP contribution in [-0.2, 0) is 10.1 Å². The Morgan fingerprint density at radius 2 is 1.54 bits per heavy atom. The maximum atomic E-state index is 10.6. The summed E-state index contributed by atoms with van der Waals surface area (Å²) in [6.45, 7) is 0. The van der Waals surface area contributed by atoms with Gasteiger partial charge in [0.25, 0.3) is 0 Å². The zero-order chi connectivity index (χ0) is 9.35. The van der Waals surface area contributed by atoms with Gasteiger partial charge in [-0.05, 0) is 12.1 Å². The number of hydrogen-bond acceptors (Lipinski definition) is 3. The Morgan fingerprint density at radius 3 is 1.77 bits per heavy atom. The minimum absolute atomic E-state index is 0. The van der Waals surface area contributed by atoms with Crippen LogP contribution in [-0.4, -0.2) is 13.0 Å². The summed E-state index contributed by atoms with van der Waals surface area (Å²) in [5.74, 6) is 0. The van der Waals surface area contributed by atoms with Gasteiger partial charge in [0.15, 0.2) is 0 Å². The van der Waals surface area contributed by atoms with Crippen LogP contribution in [0.4, 0.5) is 0 Å². The average molecular weight is 249 g/mol. The van der Waals surface area contributed by atoms with Crippen molar-refractivity contribution in [2.24, 2.45) is 0 Å². The molecule has 0 spiro atoms. The smallest absolute Gasteiger partial charge is 0.744 e. The van der Waals surface area contributed by atoms with Crippen molar-refractivity contribution in [1.82, 2.24) is 0 Å². The number of benzene rings is 1. The molecule has 0 radical (unpaired) electrons. The molecule has 0 heterocycles. The fourth-order valence-corrected chi connectivity index (χ4v) is 2.30. The Morgan fingerprint density at radius 1 is 1.15 bits per heavy atom. The quantitative estimate of drug-likeness (QED) is 0.469. The summed E-state index contributed by atoms with van der Waals surface area (Å²) in [5, 5.41) is -0.310. The molecule has 66 valence electrons. The third-order valence-corrected chi connectivity index (χ3v) is 2.96. The molecule has 0 unspecified atom stereocenters. The summed E-state index contributed by atoms with van der Waals surface area (Å²) in [7, 11) is -4.58. The van der Waals surface area contributed by atoms with Crippen molar-refractivity contribution < 1.29 is 42.5 Å². The molecule has 0 aliphatic heterocycles. The molecule has 13 heavy (non-hydrogen) atoms. The van der Waals surface area contributed by atoms with E-state index in [-0.39, 0.29) is 39.6 Å². The summed E-state index contributed by atoms with van der Waals surface area (Å²) in [6.07, 6.45) is 0. The maximum absolute atomic E-state index is 10.6. The van der Waals surface area contributed by atoms with Crippen LogP contribution in [0.5, 0.6) is 0 Å². The summed E-state index contributed by atoms with van der Waals surface area (Å²) >= 11 is 10.9. The first kappa shape index (κ1) is 13.7. The number of rotatable bonds is 1. The maximum Gasteiger partial charge on any atom is 1.00 e. The fraction of sp³-hybridized carbons (Fsp3) is 0. The van der Waals surface area contributed by atoms with E-state index in [9.17, 15) is 13.0 Å². The minimum atomic E-state index is -4.58. The van der Waals surface area contributed by atoms with E-state index in [1.54, 1.807) is 0 Å². The zero-order valence-electron chi connectivity index (χ0n) is 6.62. The van der Waals surface area contributed by atoms with E-state index in [0.717, 1.165) is 0 Å². The molecule has 0 aromatic heterocycles. The summed E-state index contributed by atoms with van der Waals surface area (Å²) < 4.78 is 31.7. The van der Waals surface area contributed by atoms with E-state index in [1.807, 2.05) is 0 Å². The SMILES string of the molecule is O=S(=O)([O-])c1c(Cl)cccc1Cl.[Na+]. The minimum Gasteiger partial charge on any atom is -0.744 e. The van der Waals surface area contributed by atoms with Crippen molar-refractivity contribution in [2.75, 3.05) is 0 Å². The second kappa shape index (κ2) is 4.98. The molecule has 0 fully saturated rings. The van der Waals surface area contributed by atoms with Crippen LogP contribution in [0.25, 0.3) is 0 Å². The van der Waals surface area contributed by atoms with Gasteiger partial charge in [-0.15, -0.1) is 0 Å². The predicted octanol–water partition coefficient (Wildman–Crippen LogP) is -1.10. The summed E-state index contributed by atoms with van der Waals surface area (Å²) in [4.78, 5) is -0.562. The van der Waals surface area contributed by atoms with Crippen molar-refractivity contribution in [3.05, 3.63) is 28.2 Å². The molecule has 3 nitrogen and oxygen atoms in total. The van der Waals surface area contributed by atoms with Gasteiger partial charge in [0.05, 0.1) is 14.9 Å². The Hall–Kier alpha value is 0.710. The van der Waals surface area contributed by atoms with Gasteiger partial charge >= 0.3 is 29.6 Å². The molecule has 0 atom stereocenters. The molecule has 0 saturated heterocycles. The largest absolute Gasteiger partial charge is 1.00 e. The molecule has 0 aliphatic rings. The first-order valence-electron chi connectivity index (χ1n) is 2.83. The Bertz CT molecular complexity index is 384. The van der Waals surface area contributed by atoms with Crippen molar-refractivity contribution in [3.63, 3.8) is 0 Å². The number of halogens is 2. The van der Waals surface area contributed by atoms with Gasteiger partial charge in [0, 0.05) is 0 Å². The normalized spacial score (nSPS) is 10.7. The Balaban J connectivity index is 0.00000144. The molecule has 0 amide bonds. The first-order valence-corrected chi connectivity index (χ1v) is 4.99. The third kappa shape index (κ3) is 3.40. The molecule has 0 N–H and O–H groups in total. The van der Waals surface area contributed by atoms with Gasteiger partial charge in [-0.2, -0.15) is 0 Å². The van der Waals surface area contributed by atoms with Crippen molar-refractivity contribution in [1.29, 1.82) is 0 Å². The Kier molecular flexibility index (Phi) is 5.25. The second-order valence-electron chi connectivity index (χ2n) is 2.00. The molecule has 7 heteroatoms. The monoisotopic (exact) mass is 248 g/mol. The molecule has 0 saturated carbocycles. The van der Waals surface area contributed by atoms with Gasteiger partial charge in [0.1, 0.15) is 10.1 Å². The van der Waals surface area contributed by atoms with Gasteiger partial charge < -0.3 is 4.55 Å². The summed E-state index contributed by atoms with van der Waals surface area (Å²) in [6, 6.07) is 4.04. The van der Waals surface area contributed by atoms with E-state index >= 15 is 0 Å². The van der Waals surface area contributed by atoms with Crippen LogP contribution in [0.1, 0.15) is 0 Å². The number of hydrogen-bond donors (Lipinski definition) is 0. The van der Waals surface area contributed by atoms with Crippen molar-refractivity contribution in [2.45, 2.75) is 4.90 Å².